The Hall–Kier alpha value is -2.02. The molecule has 0 atom stereocenters. The van der Waals surface area contributed by atoms with Gasteiger partial charge in [-0.1, -0.05) is 40.5 Å². The highest BCUT2D eigenvalue weighted by Crippen LogP contribution is 2.23. The summed E-state index contributed by atoms with van der Waals surface area (Å²) in [5.41, 5.74) is 1.66. The molecule has 5 nitrogen and oxygen atoms in total. The van der Waals surface area contributed by atoms with Gasteiger partial charge in [0.15, 0.2) is 0 Å². The van der Waals surface area contributed by atoms with Gasteiger partial charge in [-0.2, -0.15) is 0 Å². The average molecular weight is 408 g/mol. The van der Waals surface area contributed by atoms with Gasteiger partial charge < -0.3 is 4.74 Å². The summed E-state index contributed by atoms with van der Waals surface area (Å²) in [7, 11) is 0. The van der Waals surface area contributed by atoms with Gasteiger partial charge >= 0.3 is 5.97 Å². The number of hydrogen-bond donors (Lipinski definition) is 0. The molecule has 1 aromatic heterocycles. The van der Waals surface area contributed by atoms with Gasteiger partial charge in [0, 0.05) is 26.9 Å². The van der Waals surface area contributed by atoms with Gasteiger partial charge in [-0.3, -0.25) is 4.79 Å². The summed E-state index contributed by atoms with van der Waals surface area (Å²) < 4.78 is 6.71. The fourth-order valence-corrected chi connectivity index (χ4v) is 3.12. The van der Waals surface area contributed by atoms with E-state index in [1.54, 1.807) is 30.1 Å². The van der Waals surface area contributed by atoms with Crippen LogP contribution >= 0.6 is 35.0 Å². The first kappa shape index (κ1) is 18.8. The van der Waals surface area contributed by atoms with Crippen molar-refractivity contribution in [1.82, 2.24) is 15.0 Å². The lowest BCUT2D eigenvalue weighted by atomic mass is 10.2. The van der Waals surface area contributed by atoms with Crippen molar-refractivity contribution in [3.63, 3.8) is 0 Å². The number of esters is 1. The monoisotopic (exact) mass is 407 g/mol. The number of nitrogens with zero attached hydrogens (tertiary/aromatic N) is 3. The molecule has 0 aliphatic carbocycles. The summed E-state index contributed by atoms with van der Waals surface area (Å²) in [6.07, 6.45) is 1.74. The summed E-state index contributed by atoms with van der Waals surface area (Å²) in [6.45, 7) is 0.218. The molecule has 0 unspecified atom stereocenters. The van der Waals surface area contributed by atoms with Crippen molar-refractivity contribution >= 4 is 40.9 Å². The van der Waals surface area contributed by atoms with E-state index in [-0.39, 0.29) is 19.1 Å². The normalized spacial score (nSPS) is 10.7. The predicted molar refractivity (Wildman–Crippen MR) is 102 cm³/mol. The van der Waals surface area contributed by atoms with Gasteiger partial charge in [-0.05, 0) is 42.0 Å². The van der Waals surface area contributed by atoms with E-state index in [1.807, 2.05) is 36.4 Å². The standard InChI is InChI=1S/C18H15Cl2N3O2S/c19-14-3-1-13(2-4-14)11-25-18(24)10-23-9-16(21-22-23)12-26-17-7-5-15(20)6-8-17/h1-9H,10-12H2. The number of ether oxygens (including phenoxy) is 1. The van der Waals surface area contributed by atoms with Crippen LogP contribution in [-0.4, -0.2) is 21.0 Å². The van der Waals surface area contributed by atoms with Crippen molar-refractivity contribution in [3.05, 3.63) is 76.0 Å². The zero-order valence-electron chi connectivity index (χ0n) is 13.6. The minimum Gasteiger partial charge on any atom is -0.459 e. The van der Waals surface area contributed by atoms with E-state index in [2.05, 4.69) is 10.3 Å². The lowest BCUT2D eigenvalue weighted by Gasteiger charge is -2.04. The van der Waals surface area contributed by atoms with Gasteiger partial charge in [0.25, 0.3) is 0 Å². The maximum Gasteiger partial charge on any atom is 0.328 e. The van der Waals surface area contributed by atoms with Crippen molar-refractivity contribution in [3.8, 4) is 0 Å². The average Bonchev–Trinajstić information content (AvgIpc) is 3.08. The van der Waals surface area contributed by atoms with E-state index in [4.69, 9.17) is 27.9 Å². The smallest absolute Gasteiger partial charge is 0.328 e. The van der Waals surface area contributed by atoms with Gasteiger partial charge in [0.2, 0.25) is 0 Å². The highest BCUT2D eigenvalue weighted by molar-refractivity contribution is 7.98. The maximum absolute atomic E-state index is 11.9. The molecule has 0 aliphatic heterocycles. The summed E-state index contributed by atoms with van der Waals surface area (Å²) >= 11 is 13.3. The number of carbonyl (C=O) groups is 1. The number of rotatable bonds is 7. The van der Waals surface area contributed by atoms with E-state index < -0.39 is 0 Å². The molecule has 26 heavy (non-hydrogen) atoms. The number of hydrogen-bond acceptors (Lipinski definition) is 5. The van der Waals surface area contributed by atoms with Crippen molar-refractivity contribution < 1.29 is 9.53 Å². The number of carbonyl (C=O) groups excluding carboxylic acids is 1. The SMILES string of the molecule is O=C(Cn1cc(CSc2ccc(Cl)cc2)nn1)OCc1ccc(Cl)cc1. The van der Waals surface area contributed by atoms with Crippen LogP contribution < -0.4 is 0 Å². The Morgan fingerprint density at radius 3 is 2.38 bits per heavy atom. The fraction of sp³-hybridized carbons (Fsp3) is 0.167. The summed E-state index contributed by atoms with van der Waals surface area (Å²) in [5.74, 6) is 0.281. The Labute approximate surface area is 165 Å². The molecule has 0 fully saturated rings. The van der Waals surface area contributed by atoms with Crippen LogP contribution in [0.1, 0.15) is 11.3 Å². The van der Waals surface area contributed by atoms with Crippen LogP contribution in [-0.2, 0) is 28.4 Å². The number of halogens is 2. The second-order valence-electron chi connectivity index (χ2n) is 5.44. The number of thioether (sulfide) groups is 1. The van der Waals surface area contributed by atoms with E-state index in [1.165, 1.54) is 4.68 Å². The van der Waals surface area contributed by atoms with Crippen LogP contribution in [0.3, 0.4) is 0 Å². The van der Waals surface area contributed by atoms with Crippen LogP contribution in [0.4, 0.5) is 0 Å². The molecular formula is C18H15Cl2N3O2S. The van der Waals surface area contributed by atoms with Crippen molar-refractivity contribution in [2.75, 3.05) is 0 Å². The van der Waals surface area contributed by atoms with Gasteiger partial charge in [0.1, 0.15) is 13.2 Å². The first-order valence-electron chi connectivity index (χ1n) is 7.76. The Morgan fingerprint density at radius 2 is 1.69 bits per heavy atom. The lowest BCUT2D eigenvalue weighted by molar-refractivity contribution is -0.145. The second-order valence-corrected chi connectivity index (χ2v) is 7.36. The van der Waals surface area contributed by atoms with Crippen LogP contribution in [0, 0.1) is 0 Å². The molecule has 0 N–H and O–H groups in total. The Kier molecular flexibility index (Phi) is 6.55. The van der Waals surface area contributed by atoms with Gasteiger partial charge in [-0.25, -0.2) is 4.68 Å². The second kappa shape index (κ2) is 9.07. The Bertz CT molecular complexity index is 867. The summed E-state index contributed by atoms with van der Waals surface area (Å²) in [4.78, 5) is 13.0. The van der Waals surface area contributed by atoms with Crippen LogP contribution in [0.5, 0.6) is 0 Å². The summed E-state index contributed by atoms with van der Waals surface area (Å²) in [6, 6.07) is 14.7. The Balaban J connectivity index is 1.45. The molecule has 3 rings (SSSR count). The zero-order chi connectivity index (χ0) is 18.4. The molecular weight excluding hydrogens is 393 g/mol. The minimum absolute atomic E-state index is 0.0200. The molecule has 1 heterocycles. The maximum atomic E-state index is 11.9. The first-order chi connectivity index (χ1) is 12.6. The van der Waals surface area contributed by atoms with E-state index in [9.17, 15) is 4.79 Å². The lowest BCUT2D eigenvalue weighted by Crippen LogP contribution is -2.14. The third-order valence-corrected chi connectivity index (χ3v) is 4.94. The van der Waals surface area contributed by atoms with Crippen LogP contribution in [0.15, 0.2) is 59.6 Å². The molecule has 2 aromatic carbocycles. The molecule has 0 radical (unpaired) electrons. The quantitative estimate of drug-likeness (QED) is 0.422. The third-order valence-electron chi connectivity index (χ3n) is 3.39. The highest BCUT2D eigenvalue weighted by Gasteiger charge is 2.08. The van der Waals surface area contributed by atoms with Gasteiger partial charge in [0.05, 0.1) is 5.69 Å². The molecule has 0 amide bonds. The number of aromatic nitrogens is 3. The molecule has 0 spiro atoms. The topological polar surface area (TPSA) is 57.0 Å². The van der Waals surface area contributed by atoms with E-state index in [0.717, 1.165) is 16.2 Å². The van der Waals surface area contributed by atoms with Crippen molar-refractivity contribution in [1.29, 1.82) is 0 Å². The third kappa shape index (κ3) is 5.76. The molecule has 8 heteroatoms. The minimum atomic E-state index is -0.373. The Morgan fingerprint density at radius 1 is 1.04 bits per heavy atom. The predicted octanol–water partition coefficient (Wildman–Crippen LogP) is 4.62. The molecule has 0 bridgehead atoms. The first-order valence-corrected chi connectivity index (χ1v) is 9.50. The van der Waals surface area contributed by atoms with E-state index >= 15 is 0 Å². The van der Waals surface area contributed by atoms with Crippen LogP contribution in [0.2, 0.25) is 10.0 Å². The van der Waals surface area contributed by atoms with Crippen molar-refractivity contribution in [2.45, 2.75) is 23.8 Å². The molecule has 134 valence electrons. The van der Waals surface area contributed by atoms with Crippen LogP contribution in [0.25, 0.3) is 0 Å². The number of benzene rings is 2. The van der Waals surface area contributed by atoms with E-state index in [0.29, 0.717) is 15.8 Å². The zero-order valence-corrected chi connectivity index (χ0v) is 16.0. The van der Waals surface area contributed by atoms with Crippen molar-refractivity contribution in [2.24, 2.45) is 0 Å². The summed E-state index contributed by atoms with van der Waals surface area (Å²) in [5, 5.41) is 9.39. The van der Waals surface area contributed by atoms with Gasteiger partial charge in [-0.15, -0.1) is 16.9 Å². The molecule has 0 saturated heterocycles. The molecule has 3 aromatic rings. The molecule has 0 saturated carbocycles. The molecule has 0 aliphatic rings. The largest absolute Gasteiger partial charge is 0.459 e. The fourth-order valence-electron chi connectivity index (χ4n) is 2.09. The highest BCUT2D eigenvalue weighted by atomic mass is 35.5.